The number of hydrogen-bond donors (Lipinski definition) is 0. The van der Waals surface area contributed by atoms with Crippen LogP contribution in [0.25, 0.3) is 0 Å². The van der Waals surface area contributed by atoms with E-state index in [1.54, 1.807) is 12.3 Å². The van der Waals surface area contributed by atoms with E-state index in [1.165, 1.54) is 4.68 Å². The number of nitriles is 1. The van der Waals surface area contributed by atoms with Crippen LogP contribution in [-0.2, 0) is 6.54 Å². The van der Waals surface area contributed by atoms with Crippen LogP contribution in [0, 0.1) is 16.7 Å². The Bertz CT molecular complexity index is 482. The number of anilines is 1. The normalized spacial score (nSPS) is 11.0. The van der Waals surface area contributed by atoms with Crippen molar-refractivity contribution >= 4 is 5.69 Å². The van der Waals surface area contributed by atoms with Crippen molar-refractivity contribution in [2.24, 2.45) is 5.41 Å². The first-order chi connectivity index (χ1) is 7.85. The summed E-state index contributed by atoms with van der Waals surface area (Å²) in [6, 6.07) is 3.76. The number of hydrogen-bond acceptors (Lipinski definition) is 4. The van der Waals surface area contributed by atoms with Crippen LogP contribution in [0.1, 0.15) is 20.3 Å². The lowest BCUT2D eigenvalue weighted by atomic mass is 9.92. The molecular formula is C12H18N4O. The van der Waals surface area contributed by atoms with Gasteiger partial charge in [0.05, 0.1) is 23.4 Å². The Morgan fingerprint density at radius 2 is 2.18 bits per heavy atom. The van der Waals surface area contributed by atoms with Crippen molar-refractivity contribution in [2.75, 3.05) is 19.0 Å². The van der Waals surface area contributed by atoms with Gasteiger partial charge in [-0.2, -0.15) is 10.4 Å². The van der Waals surface area contributed by atoms with E-state index in [1.807, 2.05) is 32.8 Å². The Kier molecular flexibility index (Phi) is 3.89. The molecule has 1 rings (SSSR count). The molecule has 0 spiro atoms. The molecule has 5 nitrogen and oxygen atoms in total. The highest BCUT2D eigenvalue weighted by Gasteiger charge is 2.16. The molecule has 5 heteroatoms. The van der Waals surface area contributed by atoms with Gasteiger partial charge in [-0.1, -0.05) is 0 Å². The standard InChI is InChI=1S/C12H18N4O/c1-12(2,9-13)5-6-16-11(17)7-10(8-14-16)15(3)4/h7-8H,5-6H2,1-4H3. The highest BCUT2D eigenvalue weighted by molar-refractivity contribution is 5.40. The summed E-state index contributed by atoms with van der Waals surface area (Å²) >= 11 is 0. The Balaban J connectivity index is 2.82. The van der Waals surface area contributed by atoms with Crippen molar-refractivity contribution in [1.29, 1.82) is 5.26 Å². The van der Waals surface area contributed by atoms with E-state index in [9.17, 15) is 4.79 Å². The van der Waals surface area contributed by atoms with E-state index < -0.39 is 5.41 Å². The van der Waals surface area contributed by atoms with Crippen molar-refractivity contribution in [3.05, 3.63) is 22.6 Å². The smallest absolute Gasteiger partial charge is 0.268 e. The molecule has 0 atom stereocenters. The van der Waals surface area contributed by atoms with E-state index >= 15 is 0 Å². The minimum Gasteiger partial charge on any atom is -0.376 e. The van der Waals surface area contributed by atoms with Crippen LogP contribution in [0.15, 0.2) is 17.1 Å². The van der Waals surface area contributed by atoms with E-state index in [2.05, 4.69) is 11.2 Å². The van der Waals surface area contributed by atoms with Gasteiger partial charge < -0.3 is 4.90 Å². The van der Waals surface area contributed by atoms with Gasteiger partial charge in [0.15, 0.2) is 0 Å². The topological polar surface area (TPSA) is 61.9 Å². The molecule has 1 heterocycles. The molecule has 0 fully saturated rings. The zero-order valence-corrected chi connectivity index (χ0v) is 10.8. The van der Waals surface area contributed by atoms with Gasteiger partial charge in [-0.05, 0) is 20.3 Å². The molecule has 0 saturated heterocycles. The molecule has 1 aromatic rings. The van der Waals surface area contributed by atoms with Crippen molar-refractivity contribution in [2.45, 2.75) is 26.8 Å². The molecule has 0 amide bonds. The zero-order valence-electron chi connectivity index (χ0n) is 10.8. The summed E-state index contributed by atoms with van der Waals surface area (Å²) in [5, 5.41) is 13.0. The minimum atomic E-state index is -0.429. The highest BCUT2D eigenvalue weighted by atomic mass is 16.1. The van der Waals surface area contributed by atoms with Crippen LogP contribution >= 0.6 is 0 Å². The summed E-state index contributed by atoms with van der Waals surface area (Å²) in [6.07, 6.45) is 2.26. The minimum absolute atomic E-state index is 0.134. The first kappa shape index (κ1) is 13.2. The third-order valence-electron chi connectivity index (χ3n) is 2.62. The van der Waals surface area contributed by atoms with E-state index in [0.29, 0.717) is 13.0 Å². The van der Waals surface area contributed by atoms with Gasteiger partial charge >= 0.3 is 0 Å². The highest BCUT2D eigenvalue weighted by Crippen LogP contribution is 2.18. The van der Waals surface area contributed by atoms with Gasteiger partial charge in [0.1, 0.15) is 0 Å². The van der Waals surface area contributed by atoms with Crippen LogP contribution in [0.4, 0.5) is 5.69 Å². The molecule has 0 N–H and O–H groups in total. The fourth-order valence-corrected chi connectivity index (χ4v) is 1.28. The number of rotatable bonds is 4. The van der Waals surface area contributed by atoms with Gasteiger partial charge in [-0.25, -0.2) is 4.68 Å². The molecule has 0 unspecified atom stereocenters. The van der Waals surface area contributed by atoms with Crippen molar-refractivity contribution < 1.29 is 0 Å². The Hall–Kier alpha value is -1.83. The van der Waals surface area contributed by atoms with Crippen LogP contribution < -0.4 is 10.5 Å². The summed E-state index contributed by atoms with van der Waals surface area (Å²) in [5.74, 6) is 0. The second kappa shape index (κ2) is 5.00. The van der Waals surface area contributed by atoms with Gasteiger partial charge in [-0.3, -0.25) is 4.79 Å². The quantitative estimate of drug-likeness (QED) is 0.786. The molecule has 0 radical (unpaired) electrons. The molecule has 92 valence electrons. The Morgan fingerprint density at radius 1 is 1.53 bits per heavy atom. The Morgan fingerprint density at radius 3 is 2.65 bits per heavy atom. The predicted molar refractivity (Wildman–Crippen MR) is 66.8 cm³/mol. The molecule has 0 aliphatic rings. The third-order valence-corrected chi connectivity index (χ3v) is 2.62. The van der Waals surface area contributed by atoms with Crippen molar-refractivity contribution in [1.82, 2.24) is 9.78 Å². The third kappa shape index (κ3) is 3.59. The lowest BCUT2D eigenvalue weighted by Gasteiger charge is -2.16. The first-order valence-corrected chi connectivity index (χ1v) is 5.51. The van der Waals surface area contributed by atoms with Gasteiger partial charge in [0, 0.05) is 26.7 Å². The predicted octanol–water partition coefficient (Wildman–Crippen LogP) is 1.25. The molecule has 17 heavy (non-hydrogen) atoms. The molecule has 0 aliphatic heterocycles. The lowest BCUT2D eigenvalue weighted by molar-refractivity contribution is 0.391. The molecular weight excluding hydrogens is 216 g/mol. The monoisotopic (exact) mass is 234 g/mol. The van der Waals surface area contributed by atoms with Crippen molar-refractivity contribution in [3.8, 4) is 6.07 Å². The van der Waals surface area contributed by atoms with E-state index in [-0.39, 0.29) is 5.56 Å². The largest absolute Gasteiger partial charge is 0.376 e. The summed E-state index contributed by atoms with van der Waals surface area (Å²) in [5.41, 5.74) is 0.220. The SMILES string of the molecule is CN(C)c1cnn(CCC(C)(C)C#N)c(=O)c1. The maximum atomic E-state index is 11.7. The maximum absolute atomic E-state index is 11.7. The second-order valence-electron chi connectivity index (χ2n) is 4.92. The summed E-state index contributed by atoms with van der Waals surface area (Å²) in [6.45, 7) is 4.17. The van der Waals surface area contributed by atoms with Gasteiger partial charge in [0.2, 0.25) is 0 Å². The van der Waals surface area contributed by atoms with Crippen LogP contribution in [0.5, 0.6) is 0 Å². The fourth-order valence-electron chi connectivity index (χ4n) is 1.28. The maximum Gasteiger partial charge on any atom is 0.268 e. The van der Waals surface area contributed by atoms with Crippen molar-refractivity contribution in [3.63, 3.8) is 0 Å². The zero-order chi connectivity index (χ0) is 13.1. The first-order valence-electron chi connectivity index (χ1n) is 5.51. The van der Waals surface area contributed by atoms with Crippen LogP contribution in [0.2, 0.25) is 0 Å². The summed E-state index contributed by atoms with van der Waals surface area (Å²) in [4.78, 5) is 13.6. The molecule has 1 aromatic heterocycles. The number of aryl methyl sites for hydroxylation is 1. The van der Waals surface area contributed by atoms with Gasteiger partial charge in [0.25, 0.3) is 5.56 Å². The Labute approximate surface area is 101 Å². The molecule has 0 bridgehead atoms. The number of aromatic nitrogens is 2. The van der Waals surface area contributed by atoms with E-state index in [4.69, 9.17) is 5.26 Å². The second-order valence-corrected chi connectivity index (χ2v) is 4.92. The molecule has 0 aromatic carbocycles. The number of nitrogens with zero attached hydrogens (tertiary/aromatic N) is 4. The molecule has 0 saturated carbocycles. The lowest BCUT2D eigenvalue weighted by Crippen LogP contribution is -2.26. The summed E-state index contributed by atoms with van der Waals surface area (Å²) in [7, 11) is 3.72. The van der Waals surface area contributed by atoms with Crippen LogP contribution in [-0.4, -0.2) is 23.9 Å². The summed E-state index contributed by atoms with van der Waals surface area (Å²) < 4.78 is 1.39. The average molecular weight is 234 g/mol. The van der Waals surface area contributed by atoms with Crippen LogP contribution in [0.3, 0.4) is 0 Å². The van der Waals surface area contributed by atoms with Gasteiger partial charge in [-0.15, -0.1) is 0 Å². The molecule has 0 aliphatic carbocycles. The van der Waals surface area contributed by atoms with E-state index in [0.717, 1.165) is 5.69 Å². The average Bonchev–Trinajstić information content (AvgIpc) is 2.27. The fraction of sp³-hybridized carbons (Fsp3) is 0.583.